The van der Waals surface area contributed by atoms with Gasteiger partial charge in [0.2, 0.25) is 0 Å². The smallest absolute Gasteiger partial charge is 0.0670 e. The average Bonchev–Trinajstić information content (AvgIpc) is 2.44. The van der Waals surface area contributed by atoms with Crippen LogP contribution >= 0.6 is 0 Å². The van der Waals surface area contributed by atoms with Gasteiger partial charge in [0.05, 0.1) is 12.7 Å². The van der Waals surface area contributed by atoms with Crippen molar-refractivity contribution in [2.24, 2.45) is 11.7 Å². The summed E-state index contributed by atoms with van der Waals surface area (Å²) in [5, 5.41) is 10.6. The molecule has 19 heavy (non-hydrogen) atoms. The lowest BCUT2D eigenvalue weighted by molar-refractivity contribution is -0.0184. The third-order valence-electron chi connectivity index (χ3n) is 4.30. The highest BCUT2D eigenvalue weighted by Gasteiger charge is 2.29. The van der Waals surface area contributed by atoms with Gasteiger partial charge in [-0.05, 0) is 43.4 Å². The van der Waals surface area contributed by atoms with Gasteiger partial charge in [-0.1, -0.05) is 18.2 Å². The van der Waals surface area contributed by atoms with Crippen LogP contribution in [0.3, 0.4) is 0 Å². The van der Waals surface area contributed by atoms with Crippen molar-refractivity contribution in [3.8, 4) is 0 Å². The van der Waals surface area contributed by atoms with Crippen molar-refractivity contribution in [3.05, 3.63) is 34.9 Å². The molecule has 1 saturated heterocycles. The van der Waals surface area contributed by atoms with Gasteiger partial charge in [-0.15, -0.1) is 0 Å². The third kappa shape index (κ3) is 3.35. The zero-order chi connectivity index (χ0) is 13.8. The van der Waals surface area contributed by atoms with Crippen LogP contribution in [0.2, 0.25) is 0 Å². The first-order valence-electron chi connectivity index (χ1n) is 7.16. The Morgan fingerprint density at radius 3 is 2.74 bits per heavy atom. The van der Waals surface area contributed by atoms with Crippen LogP contribution < -0.4 is 5.73 Å². The summed E-state index contributed by atoms with van der Waals surface area (Å²) in [6.45, 7) is 6.15. The molecule has 0 amide bonds. The summed E-state index contributed by atoms with van der Waals surface area (Å²) in [5.74, 6) is 0.218. The topological polar surface area (TPSA) is 55.5 Å². The molecule has 0 aliphatic carbocycles. The Balaban J connectivity index is 2.15. The quantitative estimate of drug-likeness (QED) is 0.875. The molecule has 2 rings (SSSR count). The minimum Gasteiger partial charge on any atom is -0.392 e. The number of ether oxygens (including phenoxy) is 1. The van der Waals surface area contributed by atoms with E-state index in [4.69, 9.17) is 10.5 Å². The summed E-state index contributed by atoms with van der Waals surface area (Å²) in [7, 11) is 0. The van der Waals surface area contributed by atoms with Crippen LogP contribution in [0.4, 0.5) is 0 Å². The van der Waals surface area contributed by atoms with Crippen LogP contribution in [0.15, 0.2) is 18.2 Å². The van der Waals surface area contributed by atoms with Gasteiger partial charge in [0, 0.05) is 25.0 Å². The van der Waals surface area contributed by atoms with Crippen molar-refractivity contribution in [1.29, 1.82) is 0 Å². The van der Waals surface area contributed by atoms with Crippen molar-refractivity contribution in [2.45, 2.75) is 38.7 Å². The van der Waals surface area contributed by atoms with Gasteiger partial charge in [0.25, 0.3) is 0 Å². The molecule has 1 aromatic carbocycles. The highest BCUT2D eigenvalue weighted by atomic mass is 16.5. The second-order valence-corrected chi connectivity index (χ2v) is 5.65. The van der Waals surface area contributed by atoms with E-state index in [-0.39, 0.29) is 11.8 Å². The van der Waals surface area contributed by atoms with Gasteiger partial charge >= 0.3 is 0 Å². The maximum atomic E-state index is 10.6. The molecule has 0 aromatic heterocycles. The first-order chi connectivity index (χ1) is 9.13. The van der Waals surface area contributed by atoms with Gasteiger partial charge in [-0.2, -0.15) is 0 Å². The molecule has 0 spiro atoms. The van der Waals surface area contributed by atoms with Crippen LogP contribution in [0.1, 0.15) is 35.4 Å². The largest absolute Gasteiger partial charge is 0.392 e. The van der Waals surface area contributed by atoms with Gasteiger partial charge in [0.1, 0.15) is 0 Å². The van der Waals surface area contributed by atoms with Gasteiger partial charge in [-0.3, -0.25) is 0 Å². The van der Waals surface area contributed by atoms with E-state index >= 15 is 0 Å². The molecular formula is C16H25NO2. The minimum absolute atomic E-state index is 0.00556. The maximum absolute atomic E-state index is 10.6. The summed E-state index contributed by atoms with van der Waals surface area (Å²) in [4.78, 5) is 0. The Labute approximate surface area is 115 Å². The number of nitrogens with two attached hydrogens (primary N) is 1. The van der Waals surface area contributed by atoms with Crippen LogP contribution in [0.5, 0.6) is 0 Å². The predicted octanol–water partition coefficient (Wildman–Crippen LogP) is 2.13. The summed E-state index contributed by atoms with van der Waals surface area (Å²) in [6.07, 6.45) is 1.65. The first-order valence-corrected chi connectivity index (χ1v) is 7.16. The molecule has 1 aliphatic heterocycles. The van der Waals surface area contributed by atoms with Gasteiger partial charge < -0.3 is 15.6 Å². The second-order valence-electron chi connectivity index (χ2n) is 5.65. The van der Waals surface area contributed by atoms with Crippen LogP contribution in [0.25, 0.3) is 0 Å². The van der Waals surface area contributed by atoms with E-state index in [2.05, 4.69) is 32.0 Å². The molecule has 3 unspecified atom stereocenters. The van der Waals surface area contributed by atoms with E-state index < -0.39 is 6.10 Å². The summed E-state index contributed by atoms with van der Waals surface area (Å²) in [5.41, 5.74) is 9.57. The zero-order valence-electron chi connectivity index (χ0n) is 11.9. The molecule has 1 aliphatic rings. The number of hydrogen-bond donors (Lipinski definition) is 2. The number of hydrogen-bond acceptors (Lipinski definition) is 3. The van der Waals surface area contributed by atoms with Crippen molar-refractivity contribution in [2.75, 3.05) is 19.8 Å². The molecule has 0 radical (unpaired) electrons. The Hall–Kier alpha value is -0.900. The summed E-state index contributed by atoms with van der Waals surface area (Å²) in [6, 6.07) is 6.35. The Bertz CT molecular complexity index is 413. The van der Waals surface area contributed by atoms with Crippen molar-refractivity contribution < 1.29 is 9.84 Å². The van der Waals surface area contributed by atoms with E-state index in [9.17, 15) is 5.11 Å². The van der Waals surface area contributed by atoms with E-state index in [1.54, 1.807) is 0 Å². The van der Waals surface area contributed by atoms with E-state index in [1.807, 2.05) is 0 Å². The second kappa shape index (κ2) is 6.51. The maximum Gasteiger partial charge on any atom is 0.0670 e. The fraction of sp³-hybridized carbons (Fsp3) is 0.625. The lowest BCUT2D eigenvalue weighted by Crippen LogP contribution is -2.36. The fourth-order valence-corrected chi connectivity index (χ4v) is 2.83. The number of benzene rings is 1. The molecular weight excluding hydrogens is 238 g/mol. The van der Waals surface area contributed by atoms with Crippen molar-refractivity contribution >= 4 is 0 Å². The SMILES string of the molecule is Cc1ccc(C(CN)C(O)C2CCCOC2)cc1C. The Morgan fingerprint density at radius 1 is 1.37 bits per heavy atom. The van der Waals surface area contributed by atoms with Crippen LogP contribution in [0, 0.1) is 19.8 Å². The standard InChI is InChI=1S/C16H25NO2/c1-11-5-6-13(8-12(11)2)15(9-17)16(18)14-4-3-7-19-10-14/h5-6,8,14-16,18H,3-4,7,9-10,17H2,1-2H3. The Morgan fingerprint density at radius 2 is 2.16 bits per heavy atom. The number of aryl methyl sites for hydroxylation is 2. The van der Waals surface area contributed by atoms with Crippen molar-refractivity contribution in [1.82, 2.24) is 0 Å². The molecule has 3 heteroatoms. The molecule has 1 heterocycles. The van der Waals surface area contributed by atoms with Crippen LogP contribution in [-0.2, 0) is 4.74 Å². The van der Waals surface area contributed by atoms with Gasteiger partial charge in [0.15, 0.2) is 0 Å². The van der Waals surface area contributed by atoms with E-state index in [0.29, 0.717) is 13.2 Å². The van der Waals surface area contributed by atoms with Crippen molar-refractivity contribution in [3.63, 3.8) is 0 Å². The summed E-state index contributed by atoms with van der Waals surface area (Å²) >= 11 is 0. The fourth-order valence-electron chi connectivity index (χ4n) is 2.83. The van der Waals surface area contributed by atoms with Crippen LogP contribution in [-0.4, -0.2) is 31.0 Å². The summed E-state index contributed by atoms with van der Waals surface area (Å²) < 4.78 is 5.48. The first kappa shape index (κ1) is 14.5. The number of rotatable bonds is 4. The molecule has 1 fully saturated rings. The average molecular weight is 263 g/mol. The predicted molar refractivity (Wildman–Crippen MR) is 77.3 cm³/mol. The third-order valence-corrected chi connectivity index (χ3v) is 4.30. The lowest BCUT2D eigenvalue weighted by atomic mass is 9.82. The molecule has 3 nitrogen and oxygen atoms in total. The highest BCUT2D eigenvalue weighted by Crippen LogP contribution is 2.29. The Kier molecular flexibility index (Phi) is 4.97. The normalized spacial score (nSPS) is 23.1. The molecule has 0 bridgehead atoms. The zero-order valence-corrected chi connectivity index (χ0v) is 11.9. The molecule has 3 N–H and O–H groups in total. The lowest BCUT2D eigenvalue weighted by Gasteiger charge is -2.32. The minimum atomic E-state index is -0.410. The highest BCUT2D eigenvalue weighted by molar-refractivity contribution is 5.32. The molecule has 1 aromatic rings. The molecule has 3 atom stereocenters. The molecule has 0 saturated carbocycles. The number of aliphatic hydroxyl groups is 1. The van der Waals surface area contributed by atoms with E-state index in [0.717, 1.165) is 25.0 Å². The van der Waals surface area contributed by atoms with Gasteiger partial charge in [-0.25, -0.2) is 0 Å². The molecule has 106 valence electrons. The van der Waals surface area contributed by atoms with E-state index in [1.165, 1.54) is 11.1 Å². The number of aliphatic hydroxyl groups excluding tert-OH is 1. The monoisotopic (exact) mass is 263 g/mol.